The molecule has 0 saturated heterocycles. The lowest BCUT2D eigenvalue weighted by atomic mass is 10.1. The zero-order chi connectivity index (χ0) is 10.8. The van der Waals surface area contributed by atoms with Crippen LogP contribution in [-0.4, -0.2) is 21.3 Å². The van der Waals surface area contributed by atoms with Crippen molar-refractivity contribution in [1.82, 2.24) is 15.0 Å². The average molecular weight is 222 g/mol. The first-order valence-electron chi connectivity index (χ1n) is 4.32. The summed E-state index contributed by atoms with van der Waals surface area (Å²) in [5, 5.41) is 8.20. The Kier molecular flexibility index (Phi) is 2.51. The van der Waals surface area contributed by atoms with E-state index in [1.807, 2.05) is 0 Å². The van der Waals surface area contributed by atoms with E-state index in [-0.39, 0.29) is 0 Å². The molecule has 0 fully saturated rings. The van der Waals surface area contributed by atoms with Crippen LogP contribution in [0.2, 0.25) is 5.02 Å². The van der Waals surface area contributed by atoms with E-state index in [9.17, 15) is 4.79 Å². The van der Waals surface area contributed by atoms with Gasteiger partial charge in [0.15, 0.2) is 6.29 Å². The Hall–Kier alpha value is -1.68. The van der Waals surface area contributed by atoms with Gasteiger partial charge in [0.2, 0.25) is 0 Å². The first-order chi connectivity index (χ1) is 7.20. The summed E-state index contributed by atoms with van der Waals surface area (Å²) < 4.78 is 1.60. The van der Waals surface area contributed by atoms with Crippen molar-refractivity contribution in [2.24, 2.45) is 7.05 Å². The zero-order valence-corrected chi connectivity index (χ0v) is 8.77. The Bertz CT molecular complexity index is 507. The van der Waals surface area contributed by atoms with Crippen molar-refractivity contribution in [2.75, 3.05) is 0 Å². The van der Waals surface area contributed by atoms with Gasteiger partial charge < -0.3 is 0 Å². The van der Waals surface area contributed by atoms with E-state index in [1.165, 1.54) is 0 Å². The molecule has 0 amide bonds. The number of hydrogen-bond acceptors (Lipinski definition) is 3. The third-order valence-electron chi connectivity index (χ3n) is 2.02. The van der Waals surface area contributed by atoms with Gasteiger partial charge >= 0.3 is 0 Å². The van der Waals surface area contributed by atoms with Gasteiger partial charge in [0.05, 0.1) is 11.2 Å². The van der Waals surface area contributed by atoms with Crippen molar-refractivity contribution in [3.63, 3.8) is 0 Å². The molecule has 76 valence electrons. The fourth-order valence-electron chi connectivity index (χ4n) is 1.27. The molecule has 2 rings (SSSR count). The van der Waals surface area contributed by atoms with Crippen LogP contribution in [0.3, 0.4) is 0 Å². The zero-order valence-electron chi connectivity index (χ0n) is 8.01. The molecule has 15 heavy (non-hydrogen) atoms. The van der Waals surface area contributed by atoms with Gasteiger partial charge in [0.1, 0.15) is 5.69 Å². The number of aryl methyl sites for hydroxylation is 1. The molecule has 1 heterocycles. The highest BCUT2D eigenvalue weighted by Gasteiger charge is 2.05. The van der Waals surface area contributed by atoms with Crippen molar-refractivity contribution in [3.05, 3.63) is 35.0 Å². The van der Waals surface area contributed by atoms with Gasteiger partial charge in [-0.15, -0.1) is 5.10 Å². The minimum atomic E-state index is 0.442. The Morgan fingerprint density at radius 2 is 2.27 bits per heavy atom. The van der Waals surface area contributed by atoms with Gasteiger partial charge in [-0.2, -0.15) is 0 Å². The van der Waals surface area contributed by atoms with Gasteiger partial charge in [-0.25, -0.2) is 0 Å². The average Bonchev–Trinajstić information content (AvgIpc) is 2.66. The molecule has 4 nitrogen and oxygen atoms in total. The highest BCUT2D eigenvalue weighted by atomic mass is 35.5. The number of carbonyl (C=O) groups is 1. The van der Waals surface area contributed by atoms with Crippen molar-refractivity contribution in [3.8, 4) is 11.3 Å². The molecule has 0 saturated carbocycles. The van der Waals surface area contributed by atoms with Crippen molar-refractivity contribution < 1.29 is 4.79 Å². The molecular formula is C10H8ClN3O. The van der Waals surface area contributed by atoms with E-state index in [4.69, 9.17) is 11.6 Å². The number of benzene rings is 1. The van der Waals surface area contributed by atoms with Crippen LogP contribution in [0.5, 0.6) is 0 Å². The third kappa shape index (κ3) is 1.89. The minimum Gasteiger partial charge on any atom is -0.298 e. The van der Waals surface area contributed by atoms with Crippen molar-refractivity contribution >= 4 is 17.9 Å². The summed E-state index contributed by atoms with van der Waals surface area (Å²) >= 11 is 5.82. The minimum absolute atomic E-state index is 0.442. The molecule has 0 atom stereocenters. The number of hydrogen-bond donors (Lipinski definition) is 0. The Morgan fingerprint density at radius 3 is 2.87 bits per heavy atom. The number of nitrogens with zero attached hydrogens (tertiary/aromatic N) is 3. The molecular weight excluding hydrogens is 214 g/mol. The summed E-state index contributed by atoms with van der Waals surface area (Å²) in [6.45, 7) is 0. The second-order valence-electron chi connectivity index (χ2n) is 3.13. The summed E-state index contributed by atoms with van der Waals surface area (Å²) in [5.41, 5.74) is 2.01. The molecule has 0 aliphatic rings. The Labute approximate surface area is 91.5 Å². The molecule has 0 radical (unpaired) electrons. The largest absolute Gasteiger partial charge is 0.298 e. The maximum Gasteiger partial charge on any atom is 0.151 e. The molecule has 2 aromatic rings. The van der Waals surface area contributed by atoms with E-state index < -0.39 is 0 Å². The van der Waals surface area contributed by atoms with Gasteiger partial charge in [-0.1, -0.05) is 22.9 Å². The number of carbonyl (C=O) groups excluding carboxylic acids is 1. The molecule has 0 spiro atoms. The SMILES string of the molecule is Cn1cc(-c2ccc(Cl)c(C=O)c2)nn1. The smallest absolute Gasteiger partial charge is 0.151 e. The fraction of sp³-hybridized carbons (Fsp3) is 0.100. The predicted molar refractivity (Wildman–Crippen MR) is 56.8 cm³/mol. The maximum absolute atomic E-state index is 10.7. The second kappa shape index (κ2) is 3.82. The van der Waals surface area contributed by atoms with Crippen LogP contribution >= 0.6 is 11.6 Å². The molecule has 0 aliphatic carbocycles. The van der Waals surface area contributed by atoms with E-state index >= 15 is 0 Å². The van der Waals surface area contributed by atoms with Crippen molar-refractivity contribution in [2.45, 2.75) is 0 Å². The summed E-state index contributed by atoms with van der Waals surface area (Å²) in [6.07, 6.45) is 2.50. The lowest BCUT2D eigenvalue weighted by molar-refractivity contribution is 0.112. The van der Waals surface area contributed by atoms with Gasteiger partial charge in [0, 0.05) is 18.2 Å². The third-order valence-corrected chi connectivity index (χ3v) is 2.37. The van der Waals surface area contributed by atoms with E-state index in [0.29, 0.717) is 10.6 Å². The lowest BCUT2D eigenvalue weighted by Gasteiger charge is -1.99. The van der Waals surface area contributed by atoms with Gasteiger partial charge in [-0.3, -0.25) is 9.48 Å². The fourth-order valence-corrected chi connectivity index (χ4v) is 1.44. The molecule has 0 unspecified atom stereocenters. The van der Waals surface area contributed by atoms with Crippen LogP contribution in [0, 0.1) is 0 Å². The maximum atomic E-state index is 10.7. The molecule has 0 N–H and O–H groups in total. The van der Waals surface area contributed by atoms with Crippen LogP contribution in [0.15, 0.2) is 24.4 Å². The normalized spacial score (nSPS) is 10.3. The molecule has 0 bridgehead atoms. The van der Waals surface area contributed by atoms with E-state index in [2.05, 4.69) is 10.3 Å². The van der Waals surface area contributed by atoms with Crippen molar-refractivity contribution in [1.29, 1.82) is 0 Å². The van der Waals surface area contributed by atoms with Gasteiger partial charge in [-0.05, 0) is 12.1 Å². The van der Waals surface area contributed by atoms with Crippen LogP contribution in [0.1, 0.15) is 10.4 Å². The summed E-state index contributed by atoms with van der Waals surface area (Å²) in [5.74, 6) is 0. The van der Waals surface area contributed by atoms with Gasteiger partial charge in [0.25, 0.3) is 0 Å². The second-order valence-corrected chi connectivity index (χ2v) is 3.54. The van der Waals surface area contributed by atoms with Crippen LogP contribution in [-0.2, 0) is 7.05 Å². The van der Waals surface area contributed by atoms with Crippen LogP contribution in [0.4, 0.5) is 0 Å². The number of rotatable bonds is 2. The van der Waals surface area contributed by atoms with E-state index in [1.54, 1.807) is 36.1 Å². The first kappa shape index (κ1) is 9.86. The Balaban J connectivity index is 2.50. The highest BCUT2D eigenvalue weighted by Crippen LogP contribution is 2.22. The molecule has 0 aliphatic heterocycles. The van der Waals surface area contributed by atoms with E-state index in [0.717, 1.165) is 17.5 Å². The first-order valence-corrected chi connectivity index (χ1v) is 4.70. The predicted octanol–water partition coefficient (Wildman–Crippen LogP) is 1.95. The standard InChI is InChI=1S/C10H8ClN3O/c1-14-5-10(12-13-14)7-2-3-9(11)8(4-7)6-15/h2-6H,1H3. The lowest BCUT2D eigenvalue weighted by Crippen LogP contribution is -1.85. The highest BCUT2D eigenvalue weighted by molar-refractivity contribution is 6.33. The summed E-state index contributed by atoms with van der Waals surface area (Å²) in [4.78, 5) is 10.7. The quantitative estimate of drug-likeness (QED) is 0.729. The molecule has 5 heteroatoms. The van der Waals surface area contributed by atoms with Crippen LogP contribution in [0.25, 0.3) is 11.3 Å². The molecule has 1 aromatic heterocycles. The topological polar surface area (TPSA) is 47.8 Å². The number of aromatic nitrogens is 3. The summed E-state index contributed by atoms with van der Waals surface area (Å²) in [6, 6.07) is 5.17. The monoisotopic (exact) mass is 221 g/mol. The summed E-state index contributed by atoms with van der Waals surface area (Å²) in [7, 11) is 1.78. The Morgan fingerprint density at radius 1 is 1.47 bits per heavy atom. The number of halogens is 1. The number of aldehydes is 1. The van der Waals surface area contributed by atoms with Crippen LogP contribution < -0.4 is 0 Å². The molecule has 1 aromatic carbocycles.